The highest BCUT2D eigenvalue weighted by atomic mass is 79.9. The molecule has 0 radical (unpaired) electrons. The van der Waals surface area contributed by atoms with E-state index in [-0.39, 0.29) is 37.7 Å². The van der Waals surface area contributed by atoms with E-state index in [1.165, 1.54) is 4.31 Å². The molecule has 1 N–H and O–H groups in total. The van der Waals surface area contributed by atoms with Crippen molar-refractivity contribution in [3.63, 3.8) is 0 Å². The maximum absolute atomic E-state index is 13.9. The van der Waals surface area contributed by atoms with Gasteiger partial charge in [0.25, 0.3) is 0 Å². The second kappa shape index (κ2) is 16.3. The van der Waals surface area contributed by atoms with Gasteiger partial charge in [0.2, 0.25) is 21.8 Å². The predicted molar refractivity (Wildman–Crippen MR) is 171 cm³/mol. The maximum Gasteiger partial charge on any atom is 0.243 e. The summed E-state index contributed by atoms with van der Waals surface area (Å²) in [5.74, 6) is 0.225. The van der Waals surface area contributed by atoms with Crippen LogP contribution in [0.1, 0.15) is 44.2 Å². The third kappa shape index (κ3) is 10.2. The van der Waals surface area contributed by atoms with Crippen LogP contribution in [0.3, 0.4) is 0 Å². The average Bonchev–Trinajstić information content (AvgIpc) is 2.97. The number of nitrogens with zero attached hydrogens (tertiary/aromatic N) is 2. The summed E-state index contributed by atoms with van der Waals surface area (Å²) in [6, 6.07) is 23.4. The lowest BCUT2D eigenvalue weighted by Crippen LogP contribution is -2.50. The van der Waals surface area contributed by atoms with Crippen LogP contribution in [-0.2, 0) is 32.6 Å². The molecule has 0 saturated heterocycles. The molecule has 42 heavy (non-hydrogen) atoms. The number of hydrogen-bond acceptors (Lipinski definition) is 5. The van der Waals surface area contributed by atoms with Crippen LogP contribution in [0.2, 0.25) is 0 Å². The molecule has 226 valence electrons. The van der Waals surface area contributed by atoms with Crippen molar-refractivity contribution in [2.45, 2.75) is 52.1 Å². The van der Waals surface area contributed by atoms with Crippen molar-refractivity contribution < 1.29 is 22.7 Å². The summed E-state index contributed by atoms with van der Waals surface area (Å²) in [4.78, 5) is 28.9. The molecule has 3 rings (SSSR count). The van der Waals surface area contributed by atoms with E-state index >= 15 is 0 Å². The lowest BCUT2D eigenvalue weighted by molar-refractivity contribution is -0.141. The molecule has 0 bridgehead atoms. The van der Waals surface area contributed by atoms with Crippen LogP contribution in [0.25, 0.3) is 0 Å². The maximum atomic E-state index is 13.9. The molecule has 0 unspecified atom stereocenters. The minimum atomic E-state index is -3.60. The van der Waals surface area contributed by atoms with E-state index in [0.29, 0.717) is 31.0 Å². The number of anilines is 1. The fourth-order valence-electron chi connectivity index (χ4n) is 4.59. The smallest absolute Gasteiger partial charge is 0.243 e. The Hall–Kier alpha value is -3.37. The number of nitrogens with one attached hydrogen (secondary N) is 1. The van der Waals surface area contributed by atoms with Gasteiger partial charge in [-0.1, -0.05) is 65.3 Å². The Kier molecular flexibility index (Phi) is 12.9. The van der Waals surface area contributed by atoms with E-state index < -0.39 is 16.1 Å². The number of amides is 2. The first kappa shape index (κ1) is 33.1. The number of sulfonamides is 1. The number of carbonyl (C=O) groups is 2. The first-order chi connectivity index (χ1) is 20.1. The van der Waals surface area contributed by atoms with Crippen LogP contribution < -0.4 is 14.4 Å². The normalized spacial score (nSPS) is 11.9. The summed E-state index contributed by atoms with van der Waals surface area (Å²) in [5.41, 5.74) is 2.34. The minimum Gasteiger partial charge on any atom is -0.494 e. The Morgan fingerprint density at radius 3 is 2.19 bits per heavy atom. The number of ether oxygens (including phenoxy) is 1. The molecule has 0 aliphatic rings. The van der Waals surface area contributed by atoms with Gasteiger partial charge in [0.15, 0.2) is 0 Å². The third-order valence-electron chi connectivity index (χ3n) is 6.67. The zero-order valence-corrected chi connectivity index (χ0v) is 26.9. The van der Waals surface area contributed by atoms with Gasteiger partial charge >= 0.3 is 0 Å². The van der Waals surface area contributed by atoms with Crippen LogP contribution in [0.15, 0.2) is 83.3 Å². The van der Waals surface area contributed by atoms with Crippen molar-refractivity contribution >= 4 is 43.5 Å². The van der Waals surface area contributed by atoms with Gasteiger partial charge in [-0.15, -0.1) is 0 Å². The molecule has 2 amide bonds. The third-order valence-corrected chi connectivity index (χ3v) is 8.40. The van der Waals surface area contributed by atoms with Crippen molar-refractivity contribution in [2.24, 2.45) is 0 Å². The van der Waals surface area contributed by atoms with E-state index in [2.05, 4.69) is 21.2 Å². The molecule has 10 heteroatoms. The topological polar surface area (TPSA) is 96.0 Å². The van der Waals surface area contributed by atoms with Crippen LogP contribution in [-0.4, -0.2) is 57.1 Å². The summed E-state index contributed by atoms with van der Waals surface area (Å²) in [6.07, 6.45) is 2.65. The fourth-order valence-corrected chi connectivity index (χ4v) is 5.82. The van der Waals surface area contributed by atoms with Crippen LogP contribution in [0.4, 0.5) is 5.69 Å². The highest BCUT2D eigenvalue weighted by molar-refractivity contribution is 9.10. The Morgan fingerprint density at radius 2 is 1.60 bits per heavy atom. The first-order valence-electron chi connectivity index (χ1n) is 14.2. The monoisotopic (exact) mass is 657 g/mol. The molecule has 0 spiro atoms. The predicted octanol–water partition coefficient (Wildman–Crippen LogP) is 5.56. The SMILES string of the molecule is CCCNC(=O)[C@@H](Cc1ccccc1)N(Cc1ccc(Br)cc1)C(=O)CCCN(c1ccc(OCC)cc1)S(C)(=O)=O. The molecule has 0 saturated carbocycles. The van der Waals surface area contributed by atoms with Gasteiger partial charge in [-0.3, -0.25) is 13.9 Å². The zero-order valence-electron chi connectivity index (χ0n) is 24.5. The lowest BCUT2D eigenvalue weighted by atomic mass is 10.0. The Balaban J connectivity index is 1.84. The van der Waals surface area contributed by atoms with E-state index in [1.807, 2.05) is 68.4 Å². The largest absolute Gasteiger partial charge is 0.494 e. The zero-order chi connectivity index (χ0) is 30.5. The van der Waals surface area contributed by atoms with Crippen molar-refractivity contribution in [2.75, 3.05) is 30.3 Å². The quantitative estimate of drug-likeness (QED) is 0.218. The number of carbonyl (C=O) groups excluding carboxylic acids is 2. The second-order valence-electron chi connectivity index (χ2n) is 10.0. The Bertz CT molecular complexity index is 1380. The molecule has 3 aromatic carbocycles. The molecular weight excluding hydrogens is 618 g/mol. The van der Waals surface area contributed by atoms with Crippen molar-refractivity contribution in [3.05, 3.63) is 94.5 Å². The standard InChI is InChI=1S/C32H40BrN3O5S/c1-4-21-34-32(38)30(23-25-10-7-6-8-11-25)35(24-26-13-15-27(33)16-14-26)31(37)12-9-22-36(42(3,39)40)28-17-19-29(20-18-28)41-5-2/h6-8,10-11,13-20,30H,4-5,9,12,21-24H2,1-3H3,(H,34,38)/t30-/m1/s1. The van der Waals surface area contributed by atoms with Gasteiger partial charge in [-0.25, -0.2) is 8.42 Å². The summed E-state index contributed by atoms with van der Waals surface area (Å²) in [7, 11) is -3.60. The van der Waals surface area contributed by atoms with Crippen molar-refractivity contribution in [3.8, 4) is 5.75 Å². The summed E-state index contributed by atoms with van der Waals surface area (Å²) < 4.78 is 33.0. The van der Waals surface area contributed by atoms with Gasteiger partial charge in [0.05, 0.1) is 18.6 Å². The van der Waals surface area contributed by atoms with Crippen LogP contribution >= 0.6 is 15.9 Å². The first-order valence-corrected chi connectivity index (χ1v) is 16.8. The molecule has 0 aliphatic carbocycles. The molecule has 0 aromatic heterocycles. The highest BCUT2D eigenvalue weighted by Gasteiger charge is 2.30. The van der Waals surface area contributed by atoms with Gasteiger partial charge in [-0.2, -0.15) is 0 Å². The highest BCUT2D eigenvalue weighted by Crippen LogP contribution is 2.23. The summed E-state index contributed by atoms with van der Waals surface area (Å²) >= 11 is 3.45. The Labute approximate surface area is 258 Å². The van der Waals surface area contributed by atoms with Gasteiger partial charge in [-0.05, 0) is 67.3 Å². The molecule has 1 atom stereocenters. The van der Waals surface area contributed by atoms with Gasteiger partial charge in [0, 0.05) is 36.9 Å². The minimum absolute atomic E-state index is 0.0753. The Morgan fingerprint density at radius 1 is 0.929 bits per heavy atom. The lowest BCUT2D eigenvalue weighted by Gasteiger charge is -2.32. The average molecular weight is 659 g/mol. The molecule has 0 fully saturated rings. The molecule has 0 heterocycles. The van der Waals surface area contributed by atoms with E-state index in [0.717, 1.165) is 28.3 Å². The number of hydrogen-bond donors (Lipinski definition) is 1. The van der Waals surface area contributed by atoms with Crippen LogP contribution in [0.5, 0.6) is 5.75 Å². The van der Waals surface area contributed by atoms with E-state index in [4.69, 9.17) is 4.74 Å². The van der Waals surface area contributed by atoms with Crippen LogP contribution in [0, 0.1) is 0 Å². The molecular formula is C32H40BrN3O5S. The molecule has 8 nitrogen and oxygen atoms in total. The number of benzene rings is 3. The van der Waals surface area contributed by atoms with Crippen molar-refractivity contribution in [1.29, 1.82) is 0 Å². The van der Waals surface area contributed by atoms with E-state index in [1.54, 1.807) is 29.2 Å². The van der Waals surface area contributed by atoms with E-state index in [9.17, 15) is 18.0 Å². The fraction of sp³-hybridized carbons (Fsp3) is 0.375. The molecule has 0 aliphatic heterocycles. The second-order valence-corrected chi connectivity index (χ2v) is 12.8. The number of rotatable bonds is 16. The summed E-state index contributed by atoms with van der Waals surface area (Å²) in [6.45, 7) is 5.25. The molecule has 3 aromatic rings. The van der Waals surface area contributed by atoms with Crippen molar-refractivity contribution in [1.82, 2.24) is 10.2 Å². The van der Waals surface area contributed by atoms with Gasteiger partial charge in [0.1, 0.15) is 11.8 Å². The van der Waals surface area contributed by atoms with Gasteiger partial charge < -0.3 is 15.0 Å². The summed E-state index contributed by atoms with van der Waals surface area (Å²) in [5, 5.41) is 2.97. The number of halogens is 1.